The summed E-state index contributed by atoms with van der Waals surface area (Å²) in [5, 5.41) is 10.0. The van der Waals surface area contributed by atoms with Gasteiger partial charge in [-0.2, -0.15) is 0 Å². The Labute approximate surface area is 82.8 Å². The zero-order valence-electron chi connectivity index (χ0n) is 6.67. The van der Waals surface area contributed by atoms with E-state index in [1.54, 1.807) is 18.2 Å². The molecule has 0 saturated carbocycles. The summed E-state index contributed by atoms with van der Waals surface area (Å²) in [4.78, 5) is 9.58. The Morgan fingerprint density at radius 2 is 2.23 bits per heavy atom. The summed E-state index contributed by atoms with van der Waals surface area (Å²) in [5.41, 5.74) is 0.367. The van der Waals surface area contributed by atoms with Crippen molar-refractivity contribution in [1.29, 1.82) is 0 Å². The van der Waals surface area contributed by atoms with Gasteiger partial charge in [-0.1, -0.05) is 12.1 Å². The monoisotopic (exact) mass is 247 g/mol. The Kier molecular flexibility index (Phi) is 3.36. The maximum Gasteiger partial charge on any atom is 0.208 e. The van der Waals surface area contributed by atoms with Gasteiger partial charge in [0.2, 0.25) is 6.54 Å². The van der Waals surface area contributed by atoms with E-state index in [0.717, 1.165) is 0 Å². The zero-order valence-corrected chi connectivity index (χ0v) is 8.25. The standard InChI is InChI=1S/C8H7BrFNO2/c9-7-3-1-2-6(8(7)10)4-5-11(12)13/h1-3H,4-5H2. The van der Waals surface area contributed by atoms with Crippen LogP contribution in [0.15, 0.2) is 22.7 Å². The number of hydrogen-bond acceptors (Lipinski definition) is 2. The van der Waals surface area contributed by atoms with Crippen LogP contribution in [0, 0.1) is 15.9 Å². The summed E-state index contributed by atoms with van der Waals surface area (Å²) in [5.74, 6) is -0.413. The molecule has 1 aromatic rings. The molecule has 0 aliphatic carbocycles. The first kappa shape index (κ1) is 10.1. The maximum absolute atomic E-state index is 13.2. The largest absolute Gasteiger partial charge is 0.265 e. The average Bonchev–Trinajstić information content (AvgIpc) is 2.07. The van der Waals surface area contributed by atoms with Crippen molar-refractivity contribution in [3.8, 4) is 0 Å². The summed E-state index contributed by atoms with van der Waals surface area (Å²) < 4.78 is 13.5. The summed E-state index contributed by atoms with van der Waals surface area (Å²) >= 11 is 3.01. The molecule has 0 radical (unpaired) electrons. The van der Waals surface area contributed by atoms with Crippen LogP contribution in [0.3, 0.4) is 0 Å². The minimum absolute atomic E-state index is 0.123. The highest BCUT2D eigenvalue weighted by Crippen LogP contribution is 2.18. The number of hydrogen-bond donors (Lipinski definition) is 0. The van der Waals surface area contributed by atoms with Crippen LogP contribution in [0.5, 0.6) is 0 Å². The predicted molar refractivity (Wildman–Crippen MR) is 49.7 cm³/mol. The highest BCUT2D eigenvalue weighted by molar-refractivity contribution is 9.10. The first-order chi connectivity index (χ1) is 6.11. The minimum Gasteiger partial charge on any atom is -0.265 e. The fourth-order valence-corrected chi connectivity index (χ4v) is 1.36. The molecular weight excluding hydrogens is 241 g/mol. The van der Waals surface area contributed by atoms with Crippen molar-refractivity contribution in [1.82, 2.24) is 0 Å². The minimum atomic E-state index is -0.458. The van der Waals surface area contributed by atoms with E-state index in [4.69, 9.17) is 0 Å². The number of nitro groups is 1. The molecule has 13 heavy (non-hydrogen) atoms. The maximum atomic E-state index is 13.2. The van der Waals surface area contributed by atoms with Gasteiger partial charge in [-0.25, -0.2) is 4.39 Å². The molecule has 0 aliphatic rings. The second-order valence-electron chi connectivity index (χ2n) is 2.52. The summed E-state index contributed by atoms with van der Waals surface area (Å²) in [6.45, 7) is -0.243. The molecule has 0 bridgehead atoms. The summed E-state index contributed by atoms with van der Waals surface area (Å²) in [6, 6.07) is 4.76. The second kappa shape index (κ2) is 4.32. The van der Waals surface area contributed by atoms with E-state index >= 15 is 0 Å². The van der Waals surface area contributed by atoms with Gasteiger partial charge >= 0.3 is 0 Å². The quantitative estimate of drug-likeness (QED) is 0.608. The highest BCUT2D eigenvalue weighted by Gasteiger charge is 2.07. The van der Waals surface area contributed by atoms with Crippen molar-refractivity contribution in [2.24, 2.45) is 0 Å². The van der Waals surface area contributed by atoms with Crippen LogP contribution in [-0.4, -0.2) is 11.5 Å². The number of rotatable bonds is 3. The Morgan fingerprint density at radius 3 is 2.85 bits per heavy atom. The van der Waals surface area contributed by atoms with Gasteiger partial charge in [-0.05, 0) is 27.6 Å². The second-order valence-corrected chi connectivity index (χ2v) is 3.37. The Bertz CT molecular complexity index is 330. The molecule has 0 unspecified atom stereocenters. The van der Waals surface area contributed by atoms with Gasteiger partial charge in [0, 0.05) is 11.3 Å². The van der Waals surface area contributed by atoms with Gasteiger partial charge in [-0.15, -0.1) is 0 Å². The lowest BCUT2D eigenvalue weighted by Crippen LogP contribution is -2.05. The van der Waals surface area contributed by atoms with E-state index in [1.165, 1.54) is 0 Å². The van der Waals surface area contributed by atoms with Crippen LogP contribution in [0.4, 0.5) is 4.39 Å². The van der Waals surface area contributed by atoms with Crippen molar-refractivity contribution in [2.45, 2.75) is 6.42 Å². The molecule has 0 aromatic heterocycles. The van der Waals surface area contributed by atoms with Gasteiger partial charge in [-0.3, -0.25) is 10.1 Å². The molecule has 0 amide bonds. The summed E-state index contributed by atoms with van der Waals surface area (Å²) in [6.07, 6.45) is 0.123. The molecule has 0 heterocycles. The van der Waals surface area contributed by atoms with Crippen molar-refractivity contribution >= 4 is 15.9 Å². The molecule has 0 aliphatic heterocycles. The number of benzene rings is 1. The van der Waals surface area contributed by atoms with E-state index < -0.39 is 10.7 Å². The Morgan fingerprint density at radius 1 is 1.54 bits per heavy atom. The molecule has 0 spiro atoms. The fraction of sp³-hybridized carbons (Fsp3) is 0.250. The van der Waals surface area contributed by atoms with Crippen molar-refractivity contribution in [3.63, 3.8) is 0 Å². The van der Waals surface area contributed by atoms with Crippen LogP contribution < -0.4 is 0 Å². The molecule has 5 heteroatoms. The molecule has 1 aromatic carbocycles. The van der Waals surface area contributed by atoms with E-state index in [0.29, 0.717) is 10.0 Å². The molecule has 0 N–H and O–H groups in total. The van der Waals surface area contributed by atoms with Gasteiger partial charge in [0.25, 0.3) is 0 Å². The Hall–Kier alpha value is -0.970. The van der Waals surface area contributed by atoms with E-state index in [9.17, 15) is 14.5 Å². The lowest BCUT2D eigenvalue weighted by Gasteiger charge is -2.00. The first-order valence-electron chi connectivity index (χ1n) is 3.66. The van der Waals surface area contributed by atoms with E-state index in [2.05, 4.69) is 15.9 Å². The topological polar surface area (TPSA) is 43.1 Å². The molecular formula is C8H7BrFNO2. The predicted octanol–water partition coefficient (Wildman–Crippen LogP) is 2.41. The number of halogens is 2. The van der Waals surface area contributed by atoms with E-state index in [1.807, 2.05) is 0 Å². The molecule has 70 valence electrons. The van der Waals surface area contributed by atoms with Crippen LogP contribution in [0.25, 0.3) is 0 Å². The normalized spacial score (nSPS) is 10.0. The van der Waals surface area contributed by atoms with Gasteiger partial charge in [0.15, 0.2) is 0 Å². The third-order valence-electron chi connectivity index (χ3n) is 1.60. The molecule has 0 fully saturated rings. The molecule has 3 nitrogen and oxygen atoms in total. The smallest absolute Gasteiger partial charge is 0.208 e. The Balaban J connectivity index is 2.77. The van der Waals surface area contributed by atoms with E-state index in [-0.39, 0.29) is 13.0 Å². The number of nitrogens with zero attached hydrogens (tertiary/aromatic N) is 1. The zero-order chi connectivity index (χ0) is 9.84. The van der Waals surface area contributed by atoms with Crippen LogP contribution >= 0.6 is 15.9 Å². The highest BCUT2D eigenvalue weighted by atomic mass is 79.9. The SMILES string of the molecule is O=[N+]([O-])CCc1cccc(Br)c1F. The molecule has 0 atom stereocenters. The third-order valence-corrected chi connectivity index (χ3v) is 2.21. The van der Waals surface area contributed by atoms with Crippen molar-refractivity contribution < 1.29 is 9.31 Å². The van der Waals surface area contributed by atoms with Gasteiger partial charge < -0.3 is 0 Å². The molecule has 1 rings (SSSR count). The van der Waals surface area contributed by atoms with Crippen LogP contribution in [0.1, 0.15) is 5.56 Å². The van der Waals surface area contributed by atoms with Crippen molar-refractivity contribution in [3.05, 3.63) is 44.2 Å². The lowest BCUT2D eigenvalue weighted by atomic mass is 10.1. The first-order valence-corrected chi connectivity index (χ1v) is 4.45. The van der Waals surface area contributed by atoms with Gasteiger partial charge in [0.1, 0.15) is 5.82 Å². The van der Waals surface area contributed by atoms with Crippen molar-refractivity contribution in [2.75, 3.05) is 6.54 Å². The van der Waals surface area contributed by atoms with Crippen LogP contribution in [0.2, 0.25) is 0 Å². The van der Waals surface area contributed by atoms with Crippen LogP contribution in [-0.2, 0) is 6.42 Å². The fourth-order valence-electron chi connectivity index (χ4n) is 0.953. The molecule has 0 saturated heterocycles. The summed E-state index contributed by atoms with van der Waals surface area (Å²) in [7, 11) is 0. The lowest BCUT2D eigenvalue weighted by molar-refractivity contribution is -0.479. The van der Waals surface area contributed by atoms with Gasteiger partial charge in [0.05, 0.1) is 4.47 Å². The average molecular weight is 248 g/mol. The third kappa shape index (κ3) is 2.77.